The molecule has 0 radical (unpaired) electrons. The number of benzene rings is 1. The number of fused-ring (bicyclic) bond motifs is 1. The van der Waals surface area contributed by atoms with E-state index in [9.17, 15) is 0 Å². The molecular weight excluding hydrogens is 561 g/mol. The van der Waals surface area contributed by atoms with Crippen LogP contribution < -0.4 is 12.4 Å². The molecule has 0 N–H and O–H groups in total. The van der Waals surface area contributed by atoms with E-state index in [0.29, 0.717) is 17.9 Å². The molecular formula is C25H33AuClN2-. The summed E-state index contributed by atoms with van der Waals surface area (Å²) in [4.78, 5) is 4.90. The Kier molecular flexibility index (Phi) is 8.73. The van der Waals surface area contributed by atoms with E-state index < -0.39 is 0 Å². The zero-order valence-corrected chi connectivity index (χ0v) is 20.9. The second-order valence-corrected chi connectivity index (χ2v) is 8.81. The van der Waals surface area contributed by atoms with Crippen LogP contribution in [-0.2, 0) is 22.4 Å². The zero-order valence-electron chi connectivity index (χ0n) is 18.0. The first-order chi connectivity index (χ1) is 13.1. The van der Waals surface area contributed by atoms with E-state index in [1.54, 1.807) is 0 Å². The summed E-state index contributed by atoms with van der Waals surface area (Å²) in [6.07, 6.45) is 15.9. The van der Waals surface area contributed by atoms with Gasteiger partial charge in [-0.3, -0.25) is 0 Å². The van der Waals surface area contributed by atoms with Crippen molar-refractivity contribution in [2.24, 2.45) is 0 Å². The molecule has 162 valence electrons. The fraction of sp³-hybridized carbons (Fsp3) is 0.480. The van der Waals surface area contributed by atoms with Gasteiger partial charge in [-0.05, 0) is 54.2 Å². The minimum absolute atomic E-state index is 0. The maximum absolute atomic E-state index is 2.48. The van der Waals surface area contributed by atoms with E-state index in [0.717, 1.165) is 0 Å². The third-order valence-corrected chi connectivity index (χ3v) is 6.21. The Hall–Kier alpha value is -0.930. The Morgan fingerprint density at radius 2 is 1.59 bits per heavy atom. The molecule has 0 amide bonds. The van der Waals surface area contributed by atoms with E-state index in [4.69, 9.17) is 0 Å². The van der Waals surface area contributed by atoms with E-state index in [-0.39, 0.29) is 34.8 Å². The molecule has 0 atom stereocenters. The van der Waals surface area contributed by atoms with E-state index in [1.807, 2.05) is 0 Å². The molecule has 2 heterocycles. The van der Waals surface area contributed by atoms with Crippen molar-refractivity contribution in [1.82, 2.24) is 9.80 Å². The third kappa shape index (κ3) is 4.88. The van der Waals surface area contributed by atoms with Crippen molar-refractivity contribution in [1.29, 1.82) is 0 Å². The molecule has 4 rings (SSSR count). The van der Waals surface area contributed by atoms with Gasteiger partial charge in [-0.1, -0.05) is 71.2 Å². The molecule has 0 unspecified atom stereocenters. The minimum Gasteiger partial charge on any atom is -1.00 e. The predicted molar refractivity (Wildman–Crippen MR) is 115 cm³/mol. The summed E-state index contributed by atoms with van der Waals surface area (Å²) in [5, 5.41) is 0. The van der Waals surface area contributed by atoms with Crippen LogP contribution in [0.3, 0.4) is 0 Å². The molecule has 1 aliphatic carbocycles. The van der Waals surface area contributed by atoms with Gasteiger partial charge in [0.15, 0.2) is 0 Å². The van der Waals surface area contributed by atoms with Crippen LogP contribution in [0.4, 0.5) is 0 Å². The van der Waals surface area contributed by atoms with Crippen molar-refractivity contribution in [3.8, 4) is 0 Å². The second-order valence-electron chi connectivity index (χ2n) is 8.81. The van der Waals surface area contributed by atoms with Gasteiger partial charge in [-0.25, -0.2) is 0 Å². The summed E-state index contributed by atoms with van der Waals surface area (Å²) in [6.45, 7) is 11.6. The largest absolute Gasteiger partial charge is 1.00 e. The van der Waals surface area contributed by atoms with Crippen molar-refractivity contribution >= 4 is 5.70 Å². The van der Waals surface area contributed by atoms with Crippen molar-refractivity contribution in [2.75, 3.05) is 0 Å². The van der Waals surface area contributed by atoms with Crippen LogP contribution in [0, 0.1) is 6.67 Å². The third-order valence-electron chi connectivity index (χ3n) is 6.21. The standard InChI is InChI=1S/C25H33N2.Au.ClH/c1-18(2)22-13-9-14-23(19(3)4)25(22)24-15-8-12-21-16-26(17-27(21)24)20-10-6-5-7-11-20;;/h8-9,12-20H,5-7,10-11H2,1-4H3;;1H/q-1;+1;/p-1. The van der Waals surface area contributed by atoms with Gasteiger partial charge in [-0.15, -0.1) is 0 Å². The average molecular weight is 594 g/mol. The quantitative estimate of drug-likeness (QED) is 0.388. The monoisotopic (exact) mass is 593 g/mol. The number of allylic oxidation sites excluding steroid dienone is 3. The fourth-order valence-electron chi connectivity index (χ4n) is 4.72. The first kappa shape index (κ1) is 24.3. The first-order valence-electron chi connectivity index (χ1n) is 10.7. The molecule has 1 fully saturated rings. The molecule has 0 spiro atoms. The van der Waals surface area contributed by atoms with E-state index >= 15 is 0 Å². The molecule has 3 aliphatic rings. The second kappa shape index (κ2) is 10.4. The SMILES string of the molecule is CC(C)c1cccc(C(C)C)c1C1=CC=CC2=CN(C3CCCCC3)[CH-]N21.[Au+].[Cl-]. The molecule has 29 heavy (non-hydrogen) atoms. The van der Waals surface area contributed by atoms with Crippen LogP contribution in [0.25, 0.3) is 5.70 Å². The van der Waals surface area contributed by atoms with Gasteiger partial charge < -0.3 is 22.2 Å². The summed E-state index contributed by atoms with van der Waals surface area (Å²) in [5.74, 6) is 1.02. The fourth-order valence-corrected chi connectivity index (χ4v) is 4.72. The Labute approximate surface area is 199 Å². The van der Waals surface area contributed by atoms with Crippen LogP contribution in [0.5, 0.6) is 0 Å². The number of halogens is 1. The summed E-state index contributed by atoms with van der Waals surface area (Å²) < 4.78 is 0. The molecule has 1 saturated carbocycles. The van der Waals surface area contributed by atoms with Crippen molar-refractivity contribution < 1.29 is 34.8 Å². The molecule has 1 aromatic rings. The Morgan fingerprint density at radius 3 is 2.17 bits per heavy atom. The van der Waals surface area contributed by atoms with Gasteiger partial charge in [0.1, 0.15) is 0 Å². The summed E-state index contributed by atoms with van der Waals surface area (Å²) >= 11 is 0. The van der Waals surface area contributed by atoms with E-state index in [2.05, 4.69) is 86.8 Å². The smallest absolute Gasteiger partial charge is 1.00 e. The Morgan fingerprint density at radius 1 is 0.966 bits per heavy atom. The number of hydrogen-bond acceptors (Lipinski definition) is 2. The number of nitrogens with zero attached hydrogens (tertiary/aromatic N) is 2. The summed E-state index contributed by atoms with van der Waals surface area (Å²) in [6, 6.07) is 7.51. The zero-order chi connectivity index (χ0) is 19.0. The summed E-state index contributed by atoms with van der Waals surface area (Å²) in [7, 11) is 0. The summed E-state index contributed by atoms with van der Waals surface area (Å²) in [5.41, 5.74) is 6.96. The first-order valence-corrected chi connectivity index (χ1v) is 10.7. The topological polar surface area (TPSA) is 6.48 Å². The minimum atomic E-state index is 0. The van der Waals surface area contributed by atoms with Crippen LogP contribution in [0.1, 0.15) is 88.3 Å². The average Bonchev–Trinajstić information content (AvgIpc) is 3.12. The van der Waals surface area contributed by atoms with Crippen LogP contribution >= 0.6 is 0 Å². The number of hydrogen-bond donors (Lipinski definition) is 0. The Balaban J connectivity index is 0.00000150. The van der Waals surface area contributed by atoms with Crippen LogP contribution in [-0.4, -0.2) is 15.8 Å². The molecule has 2 aliphatic heterocycles. The van der Waals surface area contributed by atoms with Gasteiger partial charge in [0, 0.05) is 23.0 Å². The van der Waals surface area contributed by atoms with Crippen molar-refractivity contribution in [3.63, 3.8) is 0 Å². The van der Waals surface area contributed by atoms with Crippen LogP contribution in [0.15, 0.2) is 48.3 Å². The van der Waals surface area contributed by atoms with E-state index in [1.165, 1.54) is 60.2 Å². The molecule has 1 aromatic carbocycles. The molecule has 0 bridgehead atoms. The maximum atomic E-state index is 2.48. The van der Waals surface area contributed by atoms with Crippen molar-refractivity contribution in [2.45, 2.75) is 77.7 Å². The van der Waals surface area contributed by atoms with Crippen LogP contribution in [0.2, 0.25) is 0 Å². The molecule has 0 saturated heterocycles. The molecule has 2 nitrogen and oxygen atoms in total. The normalized spacial score (nSPS) is 19.0. The molecule has 0 aromatic heterocycles. The van der Waals surface area contributed by atoms with Gasteiger partial charge in [0.05, 0.1) is 0 Å². The Bertz CT molecular complexity index is 762. The van der Waals surface area contributed by atoms with Gasteiger partial charge in [0.25, 0.3) is 0 Å². The van der Waals surface area contributed by atoms with Gasteiger partial charge in [0.2, 0.25) is 0 Å². The number of rotatable bonds is 4. The van der Waals surface area contributed by atoms with Crippen molar-refractivity contribution in [3.05, 3.63) is 71.7 Å². The predicted octanol–water partition coefficient (Wildman–Crippen LogP) is 3.76. The van der Waals surface area contributed by atoms with Gasteiger partial charge >= 0.3 is 22.4 Å². The molecule has 4 heteroatoms. The maximum Gasteiger partial charge on any atom is 1.00 e. The van der Waals surface area contributed by atoms with Gasteiger partial charge in [-0.2, -0.15) is 6.67 Å².